The first kappa shape index (κ1) is 15.1. The minimum absolute atomic E-state index is 0.424. The lowest BCUT2D eigenvalue weighted by molar-refractivity contribution is 0.138. The molecule has 0 spiro atoms. The van der Waals surface area contributed by atoms with Gasteiger partial charge in [0.2, 0.25) is 0 Å². The Bertz CT molecular complexity index is 193. The summed E-state index contributed by atoms with van der Waals surface area (Å²) in [6, 6.07) is 0. The number of halogens is 1. The van der Waals surface area contributed by atoms with Crippen LogP contribution in [0.2, 0.25) is 0 Å². The van der Waals surface area contributed by atoms with Crippen LogP contribution in [0.3, 0.4) is 0 Å². The van der Waals surface area contributed by atoms with Crippen LogP contribution in [-0.4, -0.2) is 11.0 Å². The molecule has 0 aromatic carbocycles. The van der Waals surface area contributed by atoms with Crippen LogP contribution >= 0.6 is 7.91 Å². The van der Waals surface area contributed by atoms with Crippen LogP contribution in [0.25, 0.3) is 0 Å². The van der Waals surface area contributed by atoms with Crippen molar-refractivity contribution in [2.24, 2.45) is 0 Å². The second-order valence-corrected chi connectivity index (χ2v) is 4.90. The summed E-state index contributed by atoms with van der Waals surface area (Å²) in [6.45, 7) is 3.97. The van der Waals surface area contributed by atoms with Crippen LogP contribution in [0.1, 0.15) is 58.8 Å². The zero-order valence-corrected chi connectivity index (χ0v) is 10.5. The highest BCUT2D eigenvalue weighted by molar-refractivity contribution is 7.46. The van der Waals surface area contributed by atoms with Crippen LogP contribution in [0, 0.1) is 0 Å². The van der Waals surface area contributed by atoms with Gasteiger partial charge in [0.25, 0.3) is 0 Å². The smallest absolute Gasteiger partial charge is 0.299 e. The number of hydrogen-bond donors (Lipinski definition) is 1. The molecule has 2 unspecified atom stereocenters. The number of unbranched alkanes of at least 4 members (excludes halogenated alkanes) is 4. The Morgan fingerprint density at radius 2 is 1.87 bits per heavy atom. The van der Waals surface area contributed by atoms with Gasteiger partial charge in [0.1, 0.15) is 0 Å². The Balaban J connectivity index is 3.58. The highest BCUT2D eigenvalue weighted by Gasteiger charge is 2.22. The highest BCUT2D eigenvalue weighted by atomic mass is 31.2. The molecule has 15 heavy (non-hydrogen) atoms. The molecule has 92 valence electrons. The second-order valence-electron chi connectivity index (χ2n) is 3.79. The molecule has 0 radical (unpaired) electrons. The van der Waals surface area contributed by atoms with Crippen molar-refractivity contribution in [3.05, 3.63) is 0 Å². The Hall–Kier alpha value is 0.0800. The average molecular weight is 240 g/mol. The Morgan fingerprint density at radius 3 is 2.33 bits per heavy atom. The van der Waals surface area contributed by atoms with Crippen LogP contribution in [0.5, 0.6) is 0 Å². The summed E-state index contributed by atoms with van der Waals surface area (Å²) in [5, 5.41) is 0. The first-order chi connectivity index (χ1) is 6.99. The molecule has 0 bridgehead atoms. The molecule has 0 aromatic rings. The van der Waals surface area contributed by atoms with Crippen molar-refractivity contribution in [3.8, 4) is 0 Å². The quantitative estimate of drug-likeness (QED) is 0.485. The van der Waals surface area contributed by atoms with Crippen LogP contribution in [0.15, 0.2) is 0 Å². The lowest BCUT2D eigenvalue weighted by atomic mass is 10.1. The normalized spacial score (nSPS) is 17.3. The van der Waals surface area contributed by atoms with Crippen molar-refractivity contribution in [2.45, 2.75) is 64.9 Å². The van der Waals surface area contributed by atoms with E-state index in [-0.39, 0.29) is 0 Å². The zero-order chi connectivity index (χ0) is 11.7. The molecule has 0 fully saturated rings. The molecule has 0 saturated heterocycles. The molecule has 3 nitrogen and oxygen atoms in total. The van der Waals surface area contributed by atoms with Crippen molar-refractivity contribution in [3.63, 3.8) is 0 Å². The molecule has 0 amide bonds. The molecule has 0 aliphatic rings. The Kier molecular flexibility index (Phi) is 8.30. The lowest BCUT2D eigenvalue weighted by Gasteiger charge is -2.14. The van der Waals surface area contributed by atoms with E-state index >= 15 is 0 Å². The van der Waals surface area contributed by atoms with Gasteiger partial charge in [-0.1, -0.05) is 46.0 Å². The average Bonchev–Trinajstić information content (AvgIpc) is 2.14. The van der Waals surface area contributed by atoms with Crippen LogP contribution < -0.4 is 0 Å². The van der Waals surface area contributed by atoms with Crippen molar-refractivity contribution in [1.82, 2.24) is 0 Å². The van der Waals surface area contributed by atoms with E-state index in [1.165, 1.54) is 19.3 Å². The second kappa shape index (κ2) is 8.26. The van der Waals surface area contributed by atoms with E-state index in [2.05, 4.69) is 11.4 Å². The van der Waals surface area contributed by atoms with Gasteiger partial charge in [0.05, 0.1) is 6.10 Å². The molecular formula is C10H22FO3P. The monoisotopic (exact) mass is 240 g/mol. The molecule has 0 aromatic heterocycles. The van der Waals surface area contributed by atoms with Crippen molar-refractivity contribution < 1.29 is 18.2 Å². The third kappa shape index (κ3) is 10.4. The maximum Gasteiger partial charge on any atom is 0.510 e. The van der Waals surface area contributed by atoms with Gasteiger partial charge < -0.3 is 0 Å². The molecule has 0 heterocycles. The van der Waals surface area contributed by atoms with E-state index in [4.69, 9.17) is 4.89 Å². The molecule has 2 atom stereocenters. The summed E-state index contributed by atoms with van der Waals surface area (Å²) in [6.07, 6.45) is 6.38. The first-order valence-corrected chi connectivity index (χ1v) is 7.17. The lowest BCUT2D eigenvalue weighted by Crippen LogP contribution is -2.08. The van der Waals surface area contributed by atoms with Gasteiger partial charge in [-0.2, -0.15) is 0 Å². The summed E-state index contributed by atoms with van der Waals surface area (Å²) in [4.78, 5) is 8.43. The number of hydrogen-bond acceptors (Lipinski definition) is 2. The third-order valence-corrected chi connectivity index (χ3v) is 2.92. The fourth-order valence-corrected chi connectivity index (χ4v) is 2.11. The van der Waals surface area contributed by atoms with Gasteiger partial charge in [-0.15, -0.1) is 4.20 Å². The predicted octanol–water partition coefficient (Wildman–Crippen LogP) is 4.21. The maximum atomic E-state index is 12.3. The van der Waals surface area contributed by atoms with Crippen LogP contribution in [0.4, 0.5) is 4.20 Å². The van der Waals surface area contributed by atoms with Gasteiger partial charge in [-0.25, -0.2) is 4.57 Å². The molecule has 0 rings (SSSR count). The minimum atomic E-state index is -4.80. The van der Waals surface area contributed by atoms with Gasteiger partial charge in [-0.3, -0.25) is 9.42 Å². The fourth-order valence-electron chi connectivity index (χ4n) is 1.49. The largest absolute Gasteiger partial charge is 0.510 e. The summed E-state index contributed by atoms with van der Waals surface area (Å²) in [5.74, 6) is 0. The zero-order valence-electron chi connectivity index (χ0n) is 9.62. The fraction of sp³-hybridized carbons (Fsp3) is 1.00. The van der Waals surface area contributed by atoms with Gasteiger partial charge in [0, 0.05) is 0 Å². The van der Waals surface area contributed by atoms with E-state index in [0.29, 0.717) is 12.8 Å². The molecule has 0 saturated carbocycles. The van der Waals surface area contributed by atoms with Crippen LogP contribution in [-0.2, 0) is 9.09 Å². The summed E-state index contributed by atoms with van der Waals surface area (Å²) in [5.41, 5.74) is 0. The Labute approximate surface area is 91.7 Å². The SMILES string of the molecule is CCCCCCCC(CC)OP(=O)(O)F. The summed E-state index contributed by atoms with van der Waals surface area (Å²) in [7, 11) is -4.80. The van der Waals surface area contributed by atoms with Gasteiger partial charge in [-0.05, 0) is 12.8 Å². The molecule has 1 N–H and O–H groups in total. The summed E-state index contributed by atoms with van der Waals surface area (Å²) >= 11 is 0. The van der Waals surface area contributed by atoms with E-state index in [1.807, 2.05) is 6.92 Å². The Morgan fingerprint density at radius 1 is 1.27 bits per heavy atom. The van der Waals surface area contributed by atoms with Crippen molar-refractivity contribution >= 4 is 7.91 Å². The minimum Gasteiger partial charge on any atom is -0.299 e. The number of rotatable bonds is 9. The summed E-state index contributed by atoms with van der Waals surface area (Å²) < 4.78 is 27.2. The van der Waals surface area contributed by atoms with E-state index in [0.717, 1.165) is 12.8 Å². The molecule has 5 heteroatoms. The van der Waals surface area contributed by atoms with Crippen molar-refractivity contribution in [1.29, 1.82) is 0 Å². The first-order valence-electron chi connectivity index (χ1n) is 5.70. The standard InChI is InChI=1S/C10H22FO3P/c1-3-5-6-7-8-9-10(4-2)14-15(11,12)13/h10H,3-9H2,1-2H3,(H,12,13). The van der Waals surface area contributed by atoms with Crippen molar-refractivity contribution in [2.75, 3.05) is 0 Å². The topological polar surface area (TPSA) is 46.5 Å². The van der Waals surface area contributed by atoms with Gasteiger partial charge >= 0.3 is 7.91 Å². The van der Waals surface area contributed by atoms with E-state index in [1.54, 1.807) is 0 Å². The van der Waals surface area contributed by atoms with E-state index in [9.17, 15) is 8.76 Å². The molecular weight excluding hydrogens is 218 g/mol. The van der Waals surface area contributed by atoms with Gasteiger partial charge in [0.15, 0.2) is 0 Å². The highest BCUT2D eigenvalue weighted by Crippen LogP contribution is 2.45. The molecule has 0 aliphatic carbocycles. The maximum absolute atomic E-state index is 12.3. The third-order valence-electron chi connectivity index (χ3n) is 2.36. The molecule has 0 aliphatic heterocycles. The predicted molar refractivity (Wildman–Crippen MR) is 59.5 cm³/mol. The van der Waals surface area contributed by atoms with E-state index < -0.39 is 14.0 Å².